The number of hydrogen-bond donors (Lipinski definition) is 1. The second-order valence-electron chi connectivity index (χ2n) is 5.89. The van der Waals surface area contributed by atoms with Gasteiger partial charge in [0, 0.05) is 13.1 Å². The van der Waals surface area contributed by atoms with Crippen LogP contribution in [0.2, 0.25) is 15.1 Å². The van der Waals surface area contributed by atoms with Gasteiger partial charge in [-0.1, -0.05) is 53.0 Å². The van der Waals surface area contributed by atoms with E-state index in [2.05, 4.69) is 5.32 Å². The molecule has 0 unspecified atom stereocenters. The highest BCUT2D eigenvalue weighted by Crippen LogP contribution is 2.23. The summed E-state index contributed by atoms with van der Waals surface area (Å²) in [4.78, 5) is 37.0. The molecule has 6 nitrogen and oxygen atoms in total. The van der Waals surface area contributed by atoms with E-state index in [4.69, 9.17) is 39.5 Å². The third-order valence-corrected chi connectivity index (χ3v) is 4.72. The Morgan fingerprint density at radius 1 is 1.03 bits per heavy atom. The smallest absolute Gasteiger partial charge is 0.331 e. The second kappa shape index (κ2) is 10.9. The van der Waals surface area contributed by atoms with E-state index in [0.717, 1.165) is 11.0 Å². The number of carbonyl (C=O) groups is 3. The van der Waals surface area contributed by atoms with Crippen molar-refractivity contribution in [2.24, 2.45) is 0 Å². The van der Waals surface area contributed by atoms with Gasteiger partial charge in [-0.15, -0.1) is 0 Å². The largest absolute Gasteiger partial charge is 0.452 e. The maximum Gasteiger partial charge on any atom is 0.331 e. The van der Waals surface area contributed by atoms with Gasteiger partial charge in [0.25, 0.3) is 5.91 Å². The monoisotopic (exact) mass is 454 g/mol. The number of rotatable bonds is 7. The molecule has 2 aromatic rings. The number of likely N-dealkylation sites (N-methyl/N-ethyl adjacent to an activating group) is 1. The van der Waals surface area contributed by atoms with Crippen molar-refractivity contribution in [3.8, 4) is 0 Å². The highest BCUT2D eigenvalue weighted by Gasteiger charge is 2.15. The van der Waals surface area contributed by atoms with Crippen LogP contribution >= 0.6 is 34.8 Å². The third kappa shape index (κ3) is 7.42. The molecule has 2 rings (SSSR count). The Morgan fingerprint density at radius 2 is 1.76 bits per heavy atom. The van der Waals surface area contributed by atoms with Crippen LogP contribution in [0.1, 0.15) is 5.56 Å². The van der Waals surface area contributed by atoms with Gasteiger partial charge in [0.05, 0.1) is 27.3 Å². The number of amides is 2. The first-order valence-electron chi connectivity index (χ1n) is 8.34. The minimum absolute atomic E-state index is 0.222. The molecule has 0 aliphatic carbocycles. The van der Waals surface area contributed by atoms with E-state index in [9.17, 15) is 14.4 Å². The van der Waals surface area contributed by atoms with Crippen LogP contribution in [0.4, 0.5) is 5.69 Å². The fourth-order valence-corrected chi connectivity index (χ4v) is 2.62. The van der Waals surface area contributed by atoms with Gasteiger partial charge in [0.15, 0.2) is 6.61 Å². The van der Waals surface area contributed by atoms with Crippen LogP contribution in [-0.2, 0) is 19.1 Å². The number of ether oxygens (including phenoxy) is 1. The van der Waals surface area contributed by atoms with E-state index in [1.807, 2.05) is 0 Å². The highest BCUT2D eigenvalue weighted by molar-refractivity contribution is 6.42. The van der Waals surface area contributed by atoms with Gasteiger partial charge in [0.1, 0.15) is 0 Å². The number of hydrogen-bond acceptors (Lipinski definition) is 4. The van der Waals surface area contributed by atoms with Gasteiger partial charge >= 0.3 is 5.97 Å². The van der Waals surface area contributed by atoms with Gasteiger partial charge in [-0.05, 0) is 35.9 Å². The molecule has 0 aromatic heterocycles. The number of anilines is 1. The van der Waals surface area contributed by atoms with Crippen LogP contribution in [0.15, 0.2) is 48.5 Å². The summed E-state index contributed by atoms with van der Waals surface area (Å²) in [6.07, 6.45) is 2.65. The molecule has 0 radical (unpaired) electrons. The quantitative estimate of drug-likeness (QED) is 0.499. The van der Waals surface area contributed by atoms with Gasteiger partial charge in [-0.3, -0.25) is 9.59 Å². The summed E-state index contributed by atoms with van der Waals surface area (Å²) < 4.78 is 4.89. The summed E-state index contributed by atoms with van der Waals surface area (Å²) in [6, 6.07) is 11.6. The van der Waals surface area contributed by atoms with Crippen molar-refractivity contribution in [1.82, 2.24) is 4.90 Å². The molecular weight excluding hydrogens is 439 g/mol. The Morgan fingerprint density at radius 3 is 2.45 bits per heavy atom. The number of carbonyl (C=O) groups excluding carboxylic acids is 3. The Labute approximate surface area is 183 Å². The molecule has 152 valence electrons. The molecule has 1 N–H and O–H groups in total. The molecule has 0 saturated carbocycles. The first-order valence-corrected chi connectivity index (χ1v) is 9.48. The topological polar surface area (TPSA) is 75.7 Å². The lowest BCUT2D eigenvalue weighted by molar-refractivity contribution is -0.148. The Balaban J connectivity index is 1.79. The van der Waals surface area contributed by atoms with E-state index < -0.39 is 24.4 Å². The Hall–Kier alpha value is -2.54. The van der Waals surface area contributed by atoms with Gasteiger partial charge in [-0.25, -0.2) is 4.79 Å². The zero-order valence-electron chi connectivity index (χ0n) is 15.3. The van der Waals surface area contributed by atoms with Crippen LogP contribution in [0.3, 0.4) is 0 Å². The molecule has 0 atom stereocenters. The number of para-hydroxylation sites is 1. The highest BCUT2D eigenvalue weighted by atomic mass is 35.5. The summed E-state index contributed by atoms with van der Waals surface area (Å²) in [5, 5.41) is 3.75. The van der Waals surface area contributed by atoms with Gasteiger partial charge in [-0.2, -0.15) is 0 Å². The first kappa shape index (κ1) is 22.7. The molecule has 9 heteroatoms. The average Bonchev–Trinajstić information content (AvgIpc) is 2.68. The number of halogens is 3. The van der Waals surface area contributed by atoms with E-state index in [1.54, 1.807) is 42.5 Å². The number of esters is 1. The fraction of sp³-hybridized carbons (Fsp3) is 0.150. The molecule has 0 saturated heterocycles. The summed E-state index contributed by atoms with van der Waals surface area (Å²) in [5.41, 5.74) is 1.09. The van der Waals surface area contributed by atoms with Crippen LogP contribution in [-0.4, -0.2) is 42.9 Å². The van der Waals surface area contributed by atoms with E-state index in [0.29, 0.717) is 26.3 Å². The number of nitrogens with one attached hydrogen (secondary N) is 1. The van der Waals surface area contributed by atoms with Gasteiger partial charge in [0.2, 0.25) is 5.91 Å². The average molecular weight is 456 g/mol. The molecule has 0 aliphatic heterocycles. The van der Waals surface area contributed by atoms with Crippen molar-refractivity contribution in [2.45, 2.75) is 0 Å². The summed E-state index contributed by atoms with van der Waals surface area (Å²) in [6.45, 7) is -0.721. The number of nitrogens with zero attached hydrogens (tertiary/aromatic N) is 1. The van der Waals surface area contributed by atoms with Crippen molar-refractivity contribution >= 4 is 64.3 Å². The SMILES string of the molecule is CN(CC(=O)Nc1ccccc1Cl)C(=O)COC(=O)/C=C/c1ccc(Cl)c(Cl)c1. The predicted molar refractivity (Wildman–Crippen MR) is 114 cm³/mol. The number of benzene rings is 2. The Bertz CT molecular complexity index is 947. The minimum Gasteiger partial charge on any atom is -0.452 e. The maximum absolute atomic E-state index is 12.0. The van der Waals surface area contributed by atoms with Crippen molar-refractivity contribution in [3.05, 3.63) is 69.2 Å². The Kier molecular flexibility index (Phi) is 8.51. The summed E-state index contributed by atoms with van der Waals surface area (Å²) in [5.74, 6) is -1.67. The molecule has 0 fully saturated rings. The zero-order valence-corrected chi connectivity index (χ0v) is 17.6. The van der Waals surface area contributed by atoms with Crippen molar-refractivity contribution in [1.29, 1.82) is 0 Å². The zero-order chi connectivity index (χ0) is 21.4. The molecular formula is C20H17Cl3N2O4. The lowest BCUT2D eigenvalue weighted by Crippen LogP contribution is -2.37. The second-order valence-corrected chi connectivity index (χ2v) is 7.11. The predicted octanol–water partition coefficient (Wildman–Crippen LogP) is 4.30. The first-order chi connectivity index (χ1) is 13.8. The van der Waals surface area contributed by atoms with Crippen molar-refractivity contribution in [2.75, 3.05) is 25.5 Å². The normalized spacial score (nSPS) is 10.6. The van der Waals surface area contributed by atoms with Crippen LogP contribution in [0, 0.1) is 0 Å². The van der Waals surface area contributed by atoms with Crippen molar-refractivity contribution < 1.29 is 19.1 Å². The molecule has 0 spiro atoms. The lowest BCUT2D eigenvalue weighted by Gasteiger charge is -2.16. The van der Waals surface area contributed by atoms with Gasteiger partial charge < -0.3 is 15.0 Å². The third-order valence-electron chi connectivity index (χ3n) is 3.65. The molecule has 2 amide bonds. The molecule has 0 aliphatic rings. The molecule has 2 aromatic carbocycles. The van der Waals surface area contributed by atoms with Crippen molar-refractivity contribution in [3.63, 3.8) is 0 Å². The summed E-state index contributed by atoms with van der Waals surface area (Å²) >= 11 is 17.7. The minimum atomic E-state index is -0.710. The van der Waals surface area contributed by atoms with Crippen LogP contribution < -0.4 is 5.32 Å². The van der Waals surface area contributed by atoms with E-state index in [-0.39, 0.29) is 6.54 Å². The summed E-state index contributed by atoms with van der Waals surface area (Å²) in [7, 11) is 1.42. The van der Waals surface area contributed by atoms with E-state index in [1.165, 1.54) is 13.1 Å². The van der Waals surface area contributed by atoms with E-state index >= 15 is 0 Å². The van der Waals surface area contributed by atoms with Crippen LogP contribution in [0.25, 0.3) is 6.08 Å². The maximum atomic E-state index is 12.0. The van der Waals surface area contributed by atoms with Crippen LogP contribution in [0.5, 0.6) is 0 Å². The lowest BCUT2D eigenvalue weighted by atomic mass is 10.2. The molecule has 0 heterocycles. The molecule has 0 bridgehead atoms. The fourth-order valence-electron chi connectivity index (χ4n) is 2.13. The molecule has 29 heavy (non-hydrogen) atoms. The standard InChI is InChI=1S/C20H17Cl3N2O4/c1-25(11-18(26)24-17-5-3-2-4-15(17)22)19(27)12-29-20(28)9-7-13-6-8-14(21)16(23)10-13/h2-10H,11-12H2,1H3,(H,24,26)/b9-7+.